The van der Waals surface area contributed by atoms with E-state index in [1.54, 1.807) is 18.3 Å². The number of hydrogen-bond donors (Lipinski definition) is 1. The molecule has 0 amide bonds. The van der Waals surface area contributed by atoms with Crippen molar-refractivity contribution >= 4 is 16.7 Å². The molecule has 0 spiro atoms. The molecule has 1 heterocycles. The Morgan fingerprint density at radius 2 is 2.27 bits per heavy atom. The fourth-order valence-electron chi connectivity index (χ4n) is 1.41. The zero-order chi connectivity index (χ0) is 10.7. The first-order valence-corrected chi connectivity index (χ1v) is 4.63. The largest absolute Gasteiger partial charge is 0.392 e. The van der Waals surface area contributed by atoms with Crippen LogP contribution < -0.4 is 0 Å². The van der Waals surface area contributed by atoms with Crippen molar-refractivity contribution in [2.24, 2.45) is 0 Å². The van der Waals surface area contributed by atoms with Crippen LogP contribution in [0.3, 0.4) is 0 Å². The Morgan fingerprint density at radius 3 is 3.07 bits per heavy atom. The van der Waals surface area contributed by atoms with E-state index in [1.807, 2.05) is 18.2 Å². The average molecular weight is 203 g/mol. The van der Waals surface area contributed by atoms with Crippen LogP contribution in [-0.2, 0) is 0 Å². The van der Waals surface area contributed by atoms with Crippen molar-refractivity contribution in [1.82, 2.24) is 4.98 Å². The van der Waals surface area contributed by atoms with Crippen molar-refractivity contribution in [3.05, 3.63) is 48.2 Å². The van der Waals surface area contributed by atoms with Crippen LogP contribution in [0.2, 0.25) is 0 Å². The molecule has 2 rings (SSSR count). The summed E-state index contributed by atoms with van der Waals surface area (Å²) < 4.78 is 13.3. The zero-order valence-corrected chi connectivity index (χ0v) is 8.02. The second-order valence-corrected chi connectivity index (χ2v) is 3.15. The van der Waals surface area contributed by atoms with Gasteiger partial charge in [0.05, 0.1) is 12.1 Å². The summed E-state index contributed by atoms with van der Waals surface area (Å²) in [4.78, 5) is 4.13. The lowest BCUT2D eigenvalue weighted by Crippen LogP contribution is -1.83. The second-order valence-electron chi connectivity index (χ2n) is 3.15. The highest BCUT2D eigenvalue weighted by molar-refractivity contribution is 5.81. The smallest absolute Gasteiger partial charge is 0.128 e. The van der Waals surface area contributed by atoms with Gasteiger partial charge in [-0.25, -0.2) is 4.39 Å². The minimum atomic E-state index is -0.426. The van der Waals surface area contributed by atoms with Crippen LogP contribution in [0.15, 0.2) is 42.6 Å². The maximum Gasteiger partial charge on any atom is 0.128 e. The van der Waals surface area contributed by atoms with Gasteiger partial charge in [-0.2, -0.15) is 0 Å². The van der Waals surface area contributed by atoms with Gasteiger partial charge in [-0.3, -0.25) is 4.98 Å². The number of aliphatic hydroxyl groups is 1. The Labute approximate surface area is 86.7 Å². The van der Waals surface area contributed by atoms with Gasteiger partial charge in [0, 0.05) is 17.1 Å². The number of hydrogen-bond acceptors (Lipinski definition) is 2. The molecule has 0 saturated carbocycles. The van der Waals surface area contributed by atoms with Crippen LogP contribution in [0.25, 0.3) is 16.7 Å². The highest BCUT2D eigenvalue weighted by Gasteiger charge is 2.01. The topological polar surface area (TPSA) is 33.1 Å². The predicted molar refractivity (Wildman–Crippen MR) is 57.9 cm³/mol. The molecule has 15 heavy (non-hydrogen) atoms. The van der Waals surface area contributed by atoms with Crippen molar-refractivity contribution in [1.29, 1.82) is 0 Å². The fourth-order valence-corrected chi connectivity index (χ4v) is 1.41. The summed E-state index contributed by atoms with van der Waals surface area (Å²) in [6.45, 7) is -0.300. The van der Waals surface area contributed by atoms with Crippen LogP contribution >= 0.6 is 0 Å². The van der Waals surface area contributed by atoms with Crippen LogP contribution in [0.1, 0.15) is 5.56 Å². The third kappa shape index (κ3) is 2.02. The third-order valence-electron chi connectivity index (χ3n) is 2.15. The van der Waals surface area contributed by atoms with Gasteiger partial charge in [0.25, 0.3) is 0 Å². The maximum absolute atomic E-state index is 13.3. The molecule has 0 aliphatic carbocycles. The SMILES string of the molecule is OC/C=C(/F)c1ccc2cccnc2c1. The summed E-state index contributed by atoms with van der Waals surface area (Å²) in [5.41, 5.74) is 1.19. The van der Waals surface area contributed by atoms with E-state index in [4.69, 9.17) is 5.11 Å². The van der Waals surface area contributed by atoms with E-state index in [9.17, 15) is 4.39 Å². The van der Waals surface area contributed by atoms with Gasteiger partial charge >= 0.3 is 0 Å². The van der Waals surface area contributed by atoms with E-state index in [0.29, 0.717) is 5.56 Å². The first-order valence-electron chi connectivity index (χ1n) is 4.63. The molecule has 0 aliphatic heterocycles. The Morgan fingerprint density at radius 1 is 1.40 bits per heavy atom. The number of halogens is 1. The fraction of sp³-hybridized carbons (Fsp3) is 0.0833. The van der Waals surface area contributed by atoms with Gasteiger partial charge in [0.1, 0.15) is 5.83 Å². The number of aliphatic hydroxyl groups excluding tert-OH is 1. The molecule has 2 aromatic rings. The van der Waals surface area contributed by atoms with Crippen LogP contribution in [0.5, 0.6) is 0 Å². The Kier molecular flexibility index (Phi) is 2.74. The van der Waals surface area contributed by atoms with Crippen molar-refractivity contribution < 1.29 is 9.50 Å². The van der Waals surface area contributed by atoms with Crippen molar-refractivity contribution in [2.75, 3.05) is 6.61 Å². The van der Waals surface area contributed by atoms with E-state index in [2.05, 4.69) is 4.98 Å². The minimum absolute atomic E-state index is 0.300. The summed E-state index contributed by atoms with van der Waals surface area (Å²) in [6.07, 6.45) is 2.80. The quantitative estimate of drug-likeness (QED) is 0.813. The Hall–Kier alpha value is -1.74. The van der Waals surface area contributed by atoms with E-state index in [-0.39, 0.29) is 6.61 Å². The summed E-state index contributed by atoms with van der Waals surface area (Å²) >= 11 is 0. The monoisotopic (exact) mass is 203 g/mol. The molecular weight excluding hydrogens is 193 g/mol. The number of fused-ring (bicyclic) bond motifs is 1. The van der Waals surface area contributed by atoms with Crippen molar-refractivity contribution in [2.45, 2.75) is 0 Å². The average Bonchev–Trinajstić information content (AvgIpc) is 2.29. The van der Waals surface area contributed by atoms with E-state index in [0.717, 1.165) is 17.0 Å². The first-order chi connectivity index (χ1) is 7.31. The highest BCUT2D eigenvalue weighted by atomic mass is 19.1. The molecular formula is C12H10FNO. The molecule has 0 bridgehead atoms. The molecule has 76 valence electrons. The molecule has 1 aromatic carbocycles. The number of pyridine rings is 1. The van der Waals surface area contributed by atoms with E-state index < -0.39 is 5.83 Å². The van der Waals surface area contributed by atoms with Crippen molar-refractivity contribution in [3.8, 4) is 0 Å². The second kappa shape index (κ2) is 4.19. The van der Waals surface area contributed by atoms with Crippen LogP contribution in [0, 0.1) is 0 Å². The third-order valence-corrected chi connectivity index (χ3v) is 2.15. The highest BCUT2D eigenvalue weighted by Crippen LogP contribution is 2.20. The first kappa shape index (κ1) is 9.80. The molecule has 0 aliphatic rings. The maximum atomic E-state index is 13.3. The lowest BCUT2D eigenvalue weighted by molar-refractivity contribution is 0.342. The molecule has 0 saturated heterocycles. The van der Waals surface area contributed by atoms with E-state index in [1.165, 1.54) is 0 Å². The van der Waals surface area contributed by atoms with Crippen LogP contribution in [-0.4, -0.2) is 16.7 Å². The molecule has 0 unspecified atom stereocenters. The number of benzene rings is 1. The molecule has 0 atom stereocenters. The van der Waals surface area contributed by atoms with Gasteiger partial charge in [-0.15, -0.1) is 0 Å². The standard InChI is InChI=1S/C12H10FNO/c13-11(5-7-15)10-4-3-9-2-1-6-14-12(9)8-10/h1-6,8,15H,7H2/b11-5+. The minimum Gasteiger partial charge on any atom is -0.392 e. The van der Waals surface area contributed by atoms with E-state index >= 15 is 0 Å². The van der Waals surface area contributed by atoms with Crippen LogP contribution in [0.4, 0.5) is 4.39 Å². The summed E-state index contributed by atoms with van der Waals surface area (Å²) in [6, 6.07) is 8.90. The number of aromatic nitrogens is 1. The van der Waals surface area contributed by atoms with Crippen molar-refractivity contribution in [3.63, 3.8) is 0 Å². The lowest BCUT2D eigenvalue weighted by atomic mass is 10.1. The Balaban J connectivity index is 2.51. The summed E-state index contributed by atoms with van der Waals surface area (Å²) in [7, 11) is 0. The van der Waals surface area contributed by atoms with Gasteiger partial charge in [0.15, 0.2) is 0 Å². The number of nitrogens with zero attached hydrogens (tertiary/aromatic N) is 1. The van der Waals surface area contributed by atoms with Gasteiger partial charge in [-0.05, 0) is 18.2 Å². The molecule has 1 N–H and O–H groups in total. The normalized spacial score (nSPS) is 12.0. The molecule has 0 radical (unpaired) electrons. The number of rotatable bonds is 2. The molecule has 1 aromatic heterocycles. The zero-order valence-electron chi connectivity index (χ0n) is 8.02. The Bertz CT molecular complexity index is 508. The molecule has 2 nitrogen and oxygen atoms in total. The molecule has 0 fully saturated rings. The van der Waals surface area contributed by atoms with Gasteiger partial charge < -0.3 is 5.11 Å². The summed E-state index contributed by atoms with van der Waals surface area (Å²) in [5, 5.41) is 9.55. The van der Waals surface area contributed by atoms with Gasteiger partial charge in [-0.1, -0.05) is 18.2 Å². The van der Waals surface area contributed by atoms with Gasteiger partial charge in [0.2, 0.25) is 0 Å². The lowest BCUT2D eigenvalue weighted by Gasteiger charge is -2.00. The predicted octanol–water partition coefficient (Wildman–Crippen LogP) is 2.54. The summed E-state index contributed by atoms with van der Waals surface area (Å²) in [5.74, 6) is -0.426. The molecule has 3 heteroatoms.